The molecule has 1 aromatic heterocycles. The number of nitrogens with two attached hydrogens (primary N) is 1. The number of hydrogen-bond acceptors (Lipinski definition) is 5. The Morgan fingerprint density at radius 3 is 2.67 bits per heavy atom. The van der Waals surface area contributed by atoms with Gasteiger partial charge in [0, 0.05) is 18.5 Å². The van der Waals surface area contributed by atoms with Crippen molar-refractivity contribution >= 4 is 23.4 Å². The molecule has 0 aliphatic rings. The minimum absolute atomic E-state index is 0.126. The molecule has 0 amide bonds. The van der Waals surface area contributed by atoms with Gasteiger partial charge in [0.2, 0.25) is 0 Å². The van der Waals surface area contributed by atoms with E-state index in [4.69, 9.17) is 10.8 Å². The van der Waals surface area contributed by atoms with Crippen LogP contribution in [-0.2, 0) is 0 Å². The third-order valence-electron chi connectivity index (χ3n) is 2.67. The summed E-state index contributed by atoms with van der Waals surface area (Å²) in [6.07, 6.45) is 1.35. The van der Waals surface area contributed by atoms with Gasteiger partial charge in [-0.05, 0) is 19.2 Å². The third kappa shape index (κ3) is 4.19. The van der Waals surface area contributed by atoms with Crippen LogP contribution < -0.4 is 5.73 Å². The lowest BCUT2D eigenvalue weighted by Gasteiger charge is -2.17. The average Bonchev–Trinajstić information content (AvgIpc) is 2.36. The molecule has 0 fully saturated rings. The normalized spacial score (nSPS) is 10.8. The Balaban J connectivity index is 2.55. The molecule has 0 unspecified atom stereocenters. The zero-order valence-electron chi connectivity index (χ0n) is 10.7. The number of nitrogen functional groups attached to an aromatic ring is 1. The first-order valence-corrected chi connectivity index (χ1v) is 6.91. The Hall–Kier alpha value is -1.27. The van der Waals surface area contributed by atoms with E-state index >= 15 is 0 Å². The van der Waals surface area contributed by atoms with Gasteiger partial charge in [-0.1, -0.05) is 13.8 Å². The minimum atomic E-state index is -1.01. The van der Waals surface area contributed by atoms with E-state index in [1.807, 2.05) is 0 Å². The summed E-state index contributed by atoms with van der Waals surface area (Å²) in [6.45, 7) is 7.28. The van der Waals surface area contributed by atoms with E-state index in [0.29, 0.717) is 10.7 Å². The number of hydrogen-bond donors (Lipinski definition) is 2. The summed E-state index contributed by atoms with van der Waals surface area (Å²) in [5.74, 6) is -0.112. The van der Waals surface area contributed by atoms with Crippen LogP contribution in [0.3, 0.4) is 0 Å². The van der Waals surface area contributed by atoms with E-state index in [-0.39, 0.29) is 5.56 Å². The summed E-state index contributed by atoms with van der Waals surface area (Å²) >= 11 is 1.56. The molecular formula is C12H19N3O2S. The third-order valence-corrected chi connectivity index (χ3v) is 3.67. The zero-order chi connectivity index (χ0) is 13.5. The van der Waals surface area contributed by atoms with Crippen LogP contribution in [0.25, 0.3) is 0 Å². The summed E-state index contributed by atoms with van der Waals surface area (Å²) in [4.78, 5) is 17.1. The molecule has 6 heteroatoms. The standard InChI is InChI=1S/C12H19N3O2S/c1-3-15(4-2)5-6-18-11-10(13)7-9(8-14-11)12(16)17/h7-8H,3-6,13H2,1-2H3,(H,16,17). The smallest absolute Gasteiger partial charge is 0.337 e. The number of carbonyl (C=O) groups is 1. The number of pyridine rings is 1. The summed E-state index contributed by atoms with van der Waals surface area (Å²) in [6, 6.07) is 1.45. The van der Waals surface area contributed by atoms with Gasteiger partial charge in [0.05, 0.1) is 11.3 Å². The van der Waals surface area contributed by atoms with Gasteiger partial charge in [0.25, 0.3) is 0 Å². The summed E-state index contributed by atoms with van der Waals surface area (Å²) in [7, 11) is 0. The molecule has 0 spiro atoms. The number of thioether (sulfide) groups is 1. The Labute approximate surface area is 111 Å². The monoisotopic (exact) mass is 269 g/mol. The molecule has 18 heavy (non-hydrogen) atoms. The summed E-state index contributed by atoms with van der Waals surface area (Å²) in [5, 5.41) is 9.50. The number of aromatic carboxylic acids is 1. The lowest BCUT2D eigenvalue weighted by atomic mass is 10.3. The van der Waals surface area contributed by atoms with Crippen molar-refractivity contribution in [2.45, 2.75) is 18.9 Å². The molecule has 0 saturated carbocycles. The van der Waals surface area contributed by atoms with Gasteiger partial charge >= 0.3 is 5.97 Å². The van der Waals surface area contributed by atoms with E-state index < -0.39 is 5.97 Å². The van der Waals surface area contributed by atoms with Gasteiger partial charge in [-0.3, -0.25) is 0 Å². The van der Waals surface area contributed by atoms with E-state index in [1.165, 1.54) is 12.3 Å². The molecule has 100 valence electrons. The van der Waals surface area contributed by atoms with Crippen LogP contribution in [0, 0.1) is 0 Å². The van der Waals surface area contributed by atoms with Crippen molar-refractivity contribution in [1.82, 2.24) is 9.88 Å². The quantitative estimate of drug-likeness (QED) is 0.735. The van der Waals surface area contributed by atoms with Crippen molar-refractivity contribution in [3.8, 4) is 0 Å². The number of anilines is 1. The van der Waals surface area contributed by atoms with Crippen LogP contribution in [0.5, 0.6) is 0 Å². The molecule has 5 nitrogen and oxygen atoms in total. The second kappa shape index (κ2) is 7.23. The molecule has 0 atom stereocenters. The van der Waals surface area contributed by atoms with Crippen LogP contribution in [-0.4, -0.2) is 46.3 Å². The molecule has 1 aromatic rings. The highest BCUT2D eigenvalue weighted by Gasteiger charge is 2.08. The lowest BCUT2D eigenvalue weighted by Crippen LogP contribution is -2.25. The highest BCUT2D eigenvalue weighted by atomic mass is 32.2. The first kappa shape index (κ1) is 14.8. The largest absolute Gasteiger partial charge is 0.478 e. The first-order valence-electron chi connectivity index (χ1n) is 5.92. The Morgan fingerprint density at radius 1 is 1.50 bits per heavy atom. The average molecular weight is 269 g/mol. The predicted octanol–water partition coefficient (Wildman–Crippen LogP) is 1.80. The Kier molecular flexibility index (Phi) is 5.94. The fourth-order valence-corrected chi connectivity index (χ4v) is 2.41. The molecule has 0 aromatic carbocycles. The van der Waals surface area contributed by atoms with Crippen molar-refractivity contribution < 1.29 is 9.90 Å². The SMILES string of the molecule is CCN(CC)CCSc1ncc(C(=O)O)cc1N. The van der Waals surface area contributed by atoms with E-state index in [0.717, 1.165) is 25.4 Å². The molecule has 1 heterocycles. The summed E-state index contributed by atoms with van der Waals surface area (Å²) < 4.78 is 0. The first-order chi connectivity index (χ1) is 8.58. The maximum absolute atomic E-state index is 10.7. The molecule has 0 radical (unpaired) electrons. The Morgan fingerprint density at radius 2 is 2.17 bits per heavy atom. The lowest BCUT2D eigenvalue weighted by molar-refractivity contribution is 0.0696. The van der Waals surface area contributed by atoms with E-state index in [9.17, 15) is 4.79 Å². The molecule has 0 bridgehead atoms. The van der Waals surface area contributed by atoms with Crippen molar-refractivity contribution in [3.05, 3.63) is 17.8 Å². The highest BCUT2D eigenvalue weighted by molar-refractivity contribution is 7.99. The van der Waals surface area contributed by atoms with Crippen LogP contribution in [0.4, 0.5) is 5.69 Å². The Bertz CT molecular complexity index is 408. The summed E-state index contributed by atoms with van der Waals surface area (Å²) in [5.41, 5.74) is 6.34. The number of rotatable bonds is 7. The van der Waals surface area contributed by atoms with Crippen molar-refractivity contribution in [3.63, 3.8) is 0 Å². The highest BCUT2D eigenvalue weighted by Crippen LogP contribution is 2.23. The minimum Gasteiger partial charge on any atom is -0.478 e. The van der Waals surface area contributed by atoms with Crippen LogP contribution in [0.2, 0.25) is 0 Å². The maximum Gasteiger partial charge on any atom is 0.337 e. The zero-order valence-corrected chi connectivity index (χ0v) is 11.5. The number of carboxylic acid groups (broad SMARTS) is 1. The second-order valence-electron chi connectivity index (χ2n) is 3.80. The van der Waals surface area contributed by atoms with Gasteiger partial charge in [0.15, 0.2) is 0 Å². The van der Waals surface area contributed by atoms with Crippen LogP contribution in [0.1, 0.15) is 24.2 Å². The van der Waals surface area contributed by atoms with Crippen LogP contribution >= 0.6 is 11.8 Å². The van der Waals surface area contributed by atoms with Gasteiger partial charge in [0.1, 0.15) is 5.03 Å². The second-order valence-corrected chi connectivity index (χ2v) is 4.88. The van der Waals surface area contributed by atoms with Crippen LogP contribution in [0.15, 0.2) is 17.3 Å². The number of aromatic nitrogens is 1. The fraction of sp³-hybridized carbons (Fsp3) is 0.500. The van der Waals surface area contributed by atoms with Crippen molar-refractivity contribution in [1.29, 1.82) is 0 Å². The molecular weight excluding hydrogens is 250 g/mol. The number of nitrogens with zero attached hydrogens (tertiary/aromatic N) is 2. The van der Waals surface area contributed by atoms with E-state index in [1.54, 1.807) is 11.8 Å². The molecule has 0 saturated heterocycles. The maximum atomic E-state index is 10.7. The fourth-order valence-electron chi connectivity index (χ4n) is 1.52. The van der Waals surface area contributed by atoms with E-state index in [2.05, 4.69) is 23.7 Å². The molecule has 0 aliphatic carbocycles. The van der Waals surface area contributed by atoms with Gasteiger partial charge in [-0.2, -0.15) is 0 Å². The topological polar surface area (TPSA) is 79.5 Å². The van der Waals surface area contributed by atoms with Gasteiger partial charge in [-0.15, -0.1) is 11.8 Å². The molecule has 3 N–H and O–H groups in total. The van der Waals surface area contributed by atoms with Gasteiger partial charge in [-0.25, -0.2) is 9.78 Å². The predicted molar refractivity (Wildman–Crippen MR) is 74.1 cm³/mol. The number of carboxylic acids is 1. The van der Waals surface area contributed by atoms with Crippen molar-refractivity contribution in [2.24, 2.45) is 0 Å². The van der Waals surface area contributed by atoms with Gasteiger partial charge < -0.3 is 15.7 Å². The van der Waals surface area contributed by atoms with Crippen molar-refractivity contribution in [2.75, 3.05) is 31.1 Å². The molecule has 0 aliphatic heterocycles. The molecule has 1 rings (SSSR count).